The Kier molecular flexibility index (Phi) is 10.4. The van der Waals surface area contributed by atoms with E-state index < -0.39 is 16.9 Å². The Bertz CT molecular complexity index is 1710. The van der Waals surface area contributed by atoms with Crippen LogP contribution in [0.3, 0.4) is 0 Å². The van der Waals surface area contributed by atoms with Crippen molar-refractivity contribution in [2.45, 2.75) is 25.1 Å². The number of rotatable bonds is 12. The number of aromatic amines is 1. The van der Waals surface area contributed by atoms with E-state index in [0.29, 0.717) is 51.5 Å². The molecule has 3 aromatic carbocycles. The number of aldehydes is 1. The molecule has 0 aliphatic rings. The number of para-hydroxylation sites is 1. The maximum absolute atomic E-state index is 13.8. The number of carbonyl (C=O) groups excluding carboxylic acids is 2. The Morgan fingerprint density at radius 1 is 1.07 bits per heavy atom. The molecule has 3 N–H and O–H groups in total. The maximum atomic E-state index is 13.8. The average molecular weight is 613 g/mol. The molecule has 0 bridgehead atoms. The van der Waals surface area contributed by atoms with Gasteiger partial charge in [0, 0.05) is 28.8 Å². The van der Waals surface area contributed by atoms with E-state index in [0.717, 1.165) is 17.7 Å². The topological polar surface area (TPSA) is 111 Å². The van der Waals surface area contributed by atoms with Gasteiger partial charge in [-0.15, -0.1) is 11.6 Å². The first-order chi connectivity index (χ1) is 20.2. The minimum absolute atomic E-state index is 0.0157. The quantitative estimate of drug-likeness (QED) is 0.0808. The highest BCUT2D eigenvalue weighted by Crippen LogP contribution is 2.29. The van der Waals surface area contributed by atoms with E-state index in [1.54, 1.807) is 36.4 Å². The molecule has 0 radical (unpaired) electrons. The predicted molar refractivity (Wildman–Crippen MR) is 160 cm³/mol. The molecule has 0 spiro atoms. The second kappa shape index (κ2) is 14.2. The Hall–Kier alpha value is -4.15. The van der Waals surface area contributed by atoms with Crippen molar-refractivity contribution in [1.29, 1.82) is 0 Å². The molecule has 0 fully saturated rings. The fraction of sp³-hybridized carbons (Fsp3) is 0.194. The molecule has 1 heterocycles. The molecular formula is C31H27ClF2N2O5S. The number of thioether (sulfide) groups is 1. The zero-order chi connectivity index (χ0) is 30.2. The number of hydrogen-bond acceptors (Lipinski definition) is 6. The van der Waals surface area contributed by atoms with Gasteiger partial charge in [0.05, 0.1) is 16.5 Å². The number of allylic oxidation sites excluding steroid dienone is 2. The molecule has 0 aliphatic carbocycles. The highest BCUT2D eigenvalue weighted by molar-refractivity contribution is 8.17. The van der Waals surface area contributed by atoms with Gasteiger partial charge in [-0.2, -0.15) is 0 Å². The van der Waals surface area contributed by atoms with Crippen LogP contribution in [0.1, 0.15) is 35.2 Å². The molecule has 0 saturated heterocycles. The molecule has 1 aromatic heterocycles. The lowest BCUT2D eigenvalue weighted by atomic mass is 9.98. The van der Waals surface area contributed by atoms with Crippen molar-refractivity contribution in [3.63, 3.8) is 0 Å². The minimum Gasteiger partial charge on any atom is -0.490 e. The number of primary amides is 1. The summed E-state index contributed by atoms with van der Waals surface area (Å²) in [5.74, 6) is -1.40. The summed E-state index contributed by atoms with van der Waals surface area (Å²) in [7, 11) is 0. The van der Waals surface area contributed by atoms with Crippen LogP contribution >= 0.6 is 23.4 Å². The summed E-state index contributed by atoms with van der Waals surface area (Å²) in [4.78, 5) is 39.1. The van der Waals surface area contributed by atoms with Gasteiger partial charge in [-0.3, -0.25) is 14.4 Å². The van der Waals surface area contributed by atoms with Crippen molar-refractivity contribution < 1.29 is 27.8 Å². The summed E-state index contributed by atoms with van der Waals surface area (Å²) in [5, 5.41) is -0.243. The Labute approximate surface area is 249 Å². The second-order valence-corrected chi connectivity index (χ2v) is 10.7. The molecule has 4 rings (SSSR count). The Morgan fingerprint density at radius 2 is 1.83 bits per heavy atom. The summed E-state index contributed by atoms with van der Waals surface area (Å²) in [6.07, 6.45) is 2.33. The van der Waals surface area contributed by atoms with Gasteiger partial charge < -0.3 is 20.2 Å². The van der Waals surface area contributed by atoms with E-state index in [1.807, 2.05) is 19.1 Å². The standard InChI is InChI=1S/C31H27ClF2N2O5S/c1-18(12-22(17-37)42-31(35)39)20-7-9-28(21(15-20)16-32)40-10-11-41-30-27(14-19-6-8-24(33)25(34)13-19)36-26-5-3-2-4-23(26)29(30)38/h2-9,12-13,15,17-18H,10-11,14,16H2,1H3,(H2,35,39)(H,36,38). The van der Waals surface area contributed by atoms with Gasteiger partial charge in [0.1, 0.15) is 19.0 Å². The lowest BCUT2D eigenvalue weighted by molar-refractivity contribution is -0.104. The predicted octanol–water partition coefficient (Wildman–Crippen LogP) is 6.59. The molecule has 0 aliphatic heterocycles. The van der Waals surface area contributed by atoms with Gasteiger partial charge in [-0.1, -0.05) is 43.3 Å². The third kappa shape index (κ3) is 7.57. The number of amides is 1. The average Bonchev–Trinajstić information content (AvgIpc) is 2.97. The lowest BCUT2D eigenvalue weighted by Gasteiger charge is -2.16. The molecule has 218 valence electrons. The molecular weight excluding hydrogens is 586 g/mol. The Morgan fingerprint density at radius 3 is 2.55 bits per heavy atom. The number of hydrogen-bond donors (Lipinski definition) is 2. The number of nitrogens with two attached hydrogens (primary N) is 1. The van der Waals surface area contributed by atoms with Crippen molar-refractivity contribution in [1.82, 2.24) is 4.98 Å². The zero-order valence-electron chi connectivity index (χ0n) is 22.5. The third-order valence-electron chi connectivity index (χ3n) is 6.39. The summed E-state index contributed by atoms with van der Waals surface area (Å²) in [6, 6.07) is 15.9. The van der Waals surface area contributed by atoms with Gasteiger partial charge in [0.25, 0.3) is 5.24 Å². The Balaban J connectivity index is 1.49. The maximum Gasteiger partial charge on any atom is 0.281 e. The lowest BCUT2D eigenvalue weighted by Crippen LogP contribution is -2.18. The van der Waals surface area contributed by atoms with Crippen LogP contribution in [-0.4, -0.2) is 29.7 Å². The van der Waals surface area contributed by atoms with Crippen LogP contribution in [-0.2, 0) is 17.1 Å². The number of ether oxygens (including phenoxy) is 2. The van der Waals surface area contributed by atoms with Crippen LogP contribution in [0.25, 0.3) is 10.9 Å². The van der Waals surface area contributed by atoms with E-state index >= 15 is 0 Å². The molecule has 42 heavy (non-hydrogen) atoms. The fourth-order valence-electron chi connectivity index (χ4n) is 4.38. The van der Waals surface area contributed by atoms with Gasteiger partial charge >= 0.3 is 0 Å². The van der Waals surface area contributed by atoms with Gasteiger partial charge in [0.2, 0.25) is 5.43 Å². The largest absolute Gasteiger partial charge is 0.490 e. The molecule has 7 nitrogen and oxygen atoms in total. The fourth-order valence-corrected chi connectivity index (χ4v) is 5.14. The number of halogens is 3. The van der Waals surface area contributed by atoms with Crippen molar-refractivity contribution in [2.75, 3.05) is 13.2 Å². The summed E-state index contributed by atoms with van der Waals surface area (Å²) >= 11 is 6.83. The van der Waals surface area contributed by atoms with Crippen LogP contribution in [0.2, 0.25) is 0 Å². The number of aromatic nitrogens is 1. The second-order valence-electron chi connectivity index (χ2n) is 9.33. The van der Waals surface area contributed by atoms with Gasteiger partial charge in [-0.25, -0.2) is 8.78 Å². The minimum atomic E-state index is -0.980. The van der Waals surface area contributed by atoms with Crippen LogP contribution in [0.4, 0.5) is 13.6 Å². The molecule has 1 atom stereocenters. The first-order valence-corrected chi connectivity index (χ1v) is 14.2. The smallest absolute Gasteiger partial charge is 0.281 e. The first kappa shape index (κ1) is 30.8. The molecule has 1 amide bonds. The third-order valence-corrected chi connectivity index (χ3v) is 7.35. The SMILES string of the molecule is CC(C=C(C=O)SC(N)=O)c1ccc(OCCOc2c(Cc3ccc(F)c(F)c3)[nH]c3ccccc3c2=O)c(CCl)c1. The van der Waals surface area contributed by atoms with Crippen LogP contribution in [0, 0.1) is 11.6 Å². The van der Waals surface area contributed by atoms with E-state index in [-0.39, 0.29) is 47.5 Å². The highest BCUT2D eigenvalue weighted by Gasteiger charge is 2.16. The number of H-pyrrole nitrogens is 1. The van der Waals surface area contributed by atoms with Gasteiger partial charge in [0.15, 0.2) is 23.7 Å². The van der Waals surface area contributed by atoms with E-state index in [9.17, 15) is 23.2 Å². The monoisotopic (exact) mass is 612 g/mol. The number of fused-ring (bicyclic) bond motifs is 1. The molecule has 11 heteroatoms. The number of alkyl halides is 1. The normalized spacial score (nSPS) is 12.2. The molecule has 4 aromatic rings. The van der Waals surface area contributed by atoms with Crippen LogP contribution < -0.4 is 20.6 Å². The van der Waals surface area contributed by atoms with Crippen LogP contribution in [0.5, 0.6) is 11.5 Å². The van der Waals surface area contributed by atoms with E-state index in [1.165, 1.54) is 6.07 Å². The number of nitrogens with one attached hydrogen (secondary N) is 1. The number of benzene rings is 3. The summed E-state index contributed by atoms with van der Waals surface area (Å²) < 4.78 is 39.1. The van der Waals surface area contributed by atoms with Crippen molar-refractivity contribution >= 4 is 45.8 Å². The van der Waals surface area contributed by atoms with E-state index in [2.05, 4.69) is 4.98 Å². The van der Waals surface area contributed by atoms with Crippen LogP contribution in [0.15, 0.2) is 76.4 Å². The zero-order valence-corrected chi connectivity index (χ0v) is 24.1. The first-order valence-electron chi connectivity index (χ1n) is 12.9. The summed E-state index contributed by atoms with van der Waals surface area (Å²) in [5.41, 5.74) is 7.85. The van der Waals surface area contributed by atoms with Crippen molar-refractivity contribution in [3.8, 4) is 11.5 Å². The van der Waals surface area contributed by atoms with Crippen molar-refractivity contribution in [3.05, 3.63) is 116 Å². The number of pyridine rings is 1. The molecule has 0 saturated carbocycles. The molecule has 1 unspecified atom stereocenters. The summed E-state index contributed by atoms with van der Waals surface area (Å²) in [6.45, 7) is 1.97. The van der Waals surface area contributed by atoms with Crippen molar-refractivity contribution in [2.24, 2.45) is 5.73 Å². The van der Waals surface area contributed by atoms with E-state index in [4.69, 9.17) is 26.8 Å². The number of carbonyl (C=O) groups is 2. The van der Waals surface area contributed by atoms with Gasteiger partial charge in [-0.05, 0) is 53.2 Å². The highest BCUT2D eigenvalue weighted by atomic mass is 35.5.